The average molecular weight is 688 g/mol. The summed E-state index contributed by atoms with van der Waals surface area (Å²) in [6.07, 6.45) is -2.92. The first-order chi connectivity index (χ1) is 16.5. The molecule has 1 aromatic heterocycles. The molecule has 1 fully saturated rings. The van der Waals surface area contributed by atoms with Crippen molar-refractivity contribution in [3.05, 3.63) is 22.2 Å². The van der Waals surface area contributed by atoms with Crippen LogP contribution in [0.3, 0.4) is 0 Å². The first-order valence-corrected chi connectivity index (χ1v) is 15.4. The molecule has 0 spiro atoms. The Labute approximate surface area is 215 Å². The maximum absolute atomic E-state index is 12.3. The summed E-state index contributed by atoms with van der Waals surface area (Å²) >= 11 is 1.87. The van der Waals surface area contributed by atoms with Gasteiger partial charge in [-0.15, -0.1) is 0 Å². The number of phosphoric ester groups is 1. The summed E-state index contributed by atoms with van der Waals surface area (Å²) in [5.41, 5.74) is 4.93. The van der Waals surface area contributed by atoms with Gasteiger partial charge in [-0.25, -0.2) is 18.5 Å². The first-order valence-electron chi connectivity index (χ1n) is 9.34. The van der Waals surface area contributed by atoms with Crippen LogP contribution in [0.25, 0.3) is 0 Å². The fourth-order valence-electron chi connectivity index (χ4n) is 2.62. The van der Waals surface area contributed by atoms with E-state index in [1.165, 1.54) is 6.20 Å². The Balaban J connectivity index is 2.07. The second-order valence-corrected chi connectivity index (χ2v) is 11.9. The quantitative estimate of drug-likeness (QED) is 0.0652. The van der Waals surface area contributed by atoms with E-state index in [1.807, 2.05) is 22.6 Å². The highest BCUT2D eigenvalue weighted by Crippen LogP contribution is 2.66. The van der Waals surface area contributed by atoms with E-state index in [0.29, 0.717) is 0 Å². The number of ether oxygens (including phenoxy) is 1. The van der Waals surface area contributed by atoms with Gasteiger partial charge in [0, 0.05) is 12.6 Å². The van der Waals surface area contributed by atoms with E-state index >= 15 is 0 Å². The molecule has 0 aliphatic carbocycles. The number of phosphoric acid groups is 3. The summed E-state index contributed by atoms with van der Waals surface area (Å²) in [5.74, 6) is 4.81. The van der Waals surface area contributed by atoms with Crippen LogP contribution in [0.4, 0.5) is 5.82 Å². The van der Waals surface area contributed by atoms with E-state index in [2.05, 4.69) is 35.3 Å². The smallest absolute Gasteiger partial charge is 0.390 e. The number of hydrogen-bond donors (Lipinski definition) is 7. The monoisotopic (exact) mass is 688 g/mol. The Kier molecular flexibility index (Phi) is 10.8. The molecule has 1 aliphatic rings. The van der Waals surface area contributed by atoms with Gasteiger partial charge in [-0.1, -0.05) is 34.4 Å². The number of aliphatic hydroxyl groups is 1. The van der Waals surface area contributed by atoms with E-state index in [0.717, 1.165) is 4.57 Å². The predicted octanol–water partition coefficient (Wildman–Crippen LogP) is -1.28. The summed E-state index contributed by atoms with van der Waals surface area (Å²) in [5, 5.41) is 12.7. The van der Waals surface area contributed by atoms with E-state index < -0.39 is 54.2 Å². The minimum atomic E-state index is -5.71. The molecule has 2 unspecified atom stereocenters. The highest BCUT2D eigenvalue weighted by Gasteiger charge is 2.43. The third kappa shape index (κ3) is 9.91. The summed E-state index contributed by atoms with van der Waals surface area (Å²) in [7, 11) is -16.7. The number of hydrogen-bond acceptors (Lipinski definition) is 12. The topological polar surface area (TPSA) is 279 Å². The van der Waals surface area contributed by atoms with E-state index in [4.69, 9.17) is 25.2 Å². The van der Waals surface area contributed by atoms with Crippen molar-refractivity contribution in [1.29, 1.82) is 0 Å². The van der Waals surface area contributed by atoms with Crippen LogP contribution < -0.4 is 16.7 Å². The third-order valence-corrected chi connectivity index (χ3v) is 8.53. The molecular weight excluding hydrogens is 668 g/mol. The SMILES string of the molecule is Nc1nc(=O)n([C@H]2C[C@H](O)[C@@H](COP(=O)(O)OP(=O)(O)OP(=O)(O)O)O2)cc1C#CCNC(=O)CI. The largest absolute Gasteiger partial charge is 0.490 e. The van der Waals surface area contributed by atoms with Crippen LogP contribution in [-0.2, 0) is 36.4 Å². The number of anilines is 1. The molecule has 8 N–H and O–H groups in total. The molecule has 36 heavy (non-hydrogen) atoms. The van der Waals surface area contributed by atoms with Gasteiger partial charge in [-0.3, -0.25) is 13.9 Å². The number of nitrogens with one attached hydrogen (secondary N) is 1. The zero-order valence-electron chi connectivity index (χ0n) is 17.7. The number of aliphatic hydroxyl groups excluding tert-OH is 1. The number of carbonyl (C=O) groups excluding carboxylic acids is 1. The van der Waals surface area contributed by atoms with Crippen LogP contribution in [0.2, 0.25) is 0 Å². The fraction of sp³-hybridized carbons (Fsp3) is 0.500. The number of rotatable bonds is 10. The Morgan fingerprint density at radius 1 is 1.28 bits per heavy atom. The third-order valence-electron chi connectivity index (χ3n) is 4.03. The van der Waals surface area contributed by atoms with Crippen LogP contribution in [0.1, 0.15) is 18.2 Å². The number of alkyl halides is 1. The molecule has 5 atom stereocenters. The van der Waals surface area contributed by atoms with E-state index in [-0.39, 0.29) is 34.7 Å². The molecule has 0 radical (unpaired) electrons. The van der Waals surface area contributed by atoms with Gasteiger partial charge >= 0.3 is 29.2 Å². The molecule has 1 aliphatic heterocycles. The van der Waals surface area contributed by atoms with Crippen molar-refractivity contribution in [3.8, 4) is 11.8 Å². The predicted molar refractivity (Wildman–Crippen MR) is 126 cm³/mol. The molecule has 0 bridgehead atoms. The minimum absolute atomic E-state index is 0.00170. The number of halogens is 1. The van der Waals surface area contributed by atoms with Crippen LogP contribution in [0.5, 0.6) is 0 Å². The number of carbonyl (C=O) groups is 1. The van der Waals surface area contributed by atoms with Crippen molar-refractivity contribution in [3.63, 3.8) is 0 Å². The van der Waals surface area contributed by atoms with Crippen LogP contribution in [-0.4, -0.2) is 69.9 Å². The Morgan fingerprint density at radius 2 is 1.94 bits per heavy atom. The lowest BCUT2D eigenvalue weighted by Crippen LogP contribution is -2.29. The molecule has 22 heteroatoms. The molecule has 1 saturated heterocycles. The Bertz CT molecular complexity index is 1240. The molecule has 0 aromatic carbocycles. The summed E-state index contributed by atoms with van der Waals surface area (Å²) < 4.78 is 52.1. The standard InChI is InChI=1S/C14H20IN4O14P3/c15-5-11(21)17-3-1-2-8-6-19(14(22)18-13(8)16)12-4-9(20)10(31-12)7-30-35(26,27)33-36(28,29)32-34(23,24)25/h6,9-10,12,20H,3-5,7H2,(H,17,21)(H,26,27)(H,28,29)(H2,16,18,22)(H2,23,24,25)/t9-,10+,12+/m0/s1. The molecule has 2 heterocycles. The molecule has 18 nitrogen and oxygen atoms in total. The van der Waals surface area contributed by atoms with E-state index in [1.54, 1.807) is 0 Å². The van der Waals surface area contributed by atoms with Gasteiger partial charge in [0.25, 0.3) is 0 Å². The molecule has 1 aromatic rings. The van der Waals surface area contributed by atoms with Crippen molar-refractivity contribution in [2.24, 2.45) is 0 Å². The van der Waals surface area contributed by atoms with Crippen LogP contribution >= 0.6 is 46.1 Å². The molecular formula is C14H20IN4O14P3. The Morgan fingerprint density at radius 3 is 2.56 bits per heavy atom. The Hall–Kier alpha value is -1.23. The normalized spacial score (nSPS) is 23.2. The van der Waals surface area contributed by atoms with Gasteiger partial charge in [-0.05, 0) is 0 Å². The van der Waals surface area contributed by atoms with Gasteiger partial charge in [0.05, 0.1) is 29.2 Å². The molecule has 0 saturated carbocycles. The average Bonchev–Trinajstić information content (AvgIpc) is 3.08. The molecule has 1 amide bonds. The van der Waals surface area contributed by atoms with Gasteiger partial charge in [0.2, 0.25) is 5.91 Å². The van der Waals surface area contributed by atoms with E-state index in [9.17, 15) is 33.3 Å². The van der Waals surface area contributed by atoms with Crippen LogP contribution in [0.15, 0.2) is 11.0 Å². The summed E-state index contributed by atoms with van der Waals surface area (Å²) in [4.78, 5) is 62.8. The van der Waals surface area contributed by atoms with Crippen molar-refractivity contribution in [1.82, 2.24) is 14.9 Å². The number of aromatic nitrogens is 2. The second kappa shape index (κ2) is 12.5. The molecule has 202 valence electrons. The lowest BCUT2D eigenvalue weighted by atomic mass is 10.2. The maximum atomic E-state index is 12.3. The highest BCUT2D eigenvalue weighted by molar-refractivity contribution is 14.1. The van der Waals surface area contributed by atoms with Crippen molar-refractivity contribution in [2.75, 3.05) is 23.3 Å². The number of amides is 1. The van der Waals surface area contributed by atoms with Gasteiger partial charge in [0.1, 0.15) is 18.1 Å². The van der Waals surface area contributed by atoms with Crippen molar-refractivity contribution < 1.29 is 61.1 Å². The highest BCUT2D eigenvalue weighted by atomic mass is 127. The van der Waals surface area contributed by atoms with Gasteiger partial charge in [-0.2, -0.15) is 13.6 Å². The zero-order valence-corrected chi connectivity index (χ0v) is 22.6. The maximum Gasteiger partial charge on any atom is 0.490 e. The zero-order chi connectivity index (χ0) is 27.3. The van der Waals surface area contributed by atoms with Crippen molar-refractivity contribution in [2.45, 2.75) is 24.9 Å². The summed E-state index contributed by atoms with van der Waals surface area (Å²) in [6.45, 7) is -0.913. The summed E-state index contributed by atoms with van der Waals surface area (Å²) in [6, 6.07) is 0. The lowest BCUT2D eigenvalue weighted by Gasteiger charge is -2.19. The first kappa shape index (κ1) is 31.0. The van der Waals surface area contributed by atoms with Crippen molar-refractivity contribution >= 4 is 57.8 Å². The lowest BCUT2D eigenvalue weighted by molar-refractivity contribution is -0.118. The van der Waals surface area contributed by atoms with Gasteiger partial charge in [0.15, 0.2) is 0 Å². The van der Waals surface area contributed by atoms with Gasteiger partial charge < -0.3 is 40.5 Å². The molecule has 2 rings (SSSR count). The number of nitrogen functional groups attached to an aromatic ring is 1. The fourth-order valence-corrected chi connectivity index (χ4v) is 5.92. The second-order valence-electron chi connectivity index (χ2n) is 6.76. The minimum Gasteiger partial charge on any atom is -0.390 e. The van der Waals surface area contributed by atoms with Crippen LogP contribution in [0, 0.1) is 11.8 Å². The number of nitrogens with two attached hydrogens (primary N) is 1. The number of nitrogens with zero attached hydrogens (tertiary/aromatic N) is 2.